The summed E-state index contributed by atoms with van der Waals surface area (Å²) >= 11 is 5.95. The second kappa shape index (κ2) is 8.20. The average molecular weight is 393 g/mol. The number of amides is 1. The van der Waals surface area contributed by atoms with Crippen LogP contribution in [0.1, 0.15) is 28.8 Å². The van der Waals surface area contributed by atoms with Crippen molar-refractivity contribution in [1.82, 2.24) is 9.62 Å². The third-order valence-corrected chi connectivity index (χ3v) is 6.52. The molecular weight excluding hydrogens is 372 g/mol. The highest BCUT2D eigenvalue weighted by molar-refractivity contribution is 7.89. The maximum Gasteiger partial charge on any atom is 0.251 e. The predicted molar refractivity (Wildman–Crippen MR) is 102 cm³/mol. The summed E-state index contributed by atoms with van der Waals surface area (Å²) < 4.78 is 26.7. The molecule has 5 nitrogen and oxygen atoms in total. The van der Waals surface area contributed by atoms with Crippen molar-refractivity contribution in [2.24, 2.45) is 0 Å². The second-order valence-corrected chi connectivity index (χ2v) is 8.65. The molecule has 1 saturated heterocycles. The maximum atomic E-state index is 12.6. The van der Waals surface area contributed by atoms with Crippen LogP contribution in [-0.2, 0) is 16.4 Å². The molecule has 0 saturated carbocycles. The van der Waals surface area contributed by atoms with Crippen LogP contribution in [0.3, 0.4) is 0 Å². The Morgan fingerprint density at radius 2 is 1.81 bits per heavy atom. The summed E-state index contributed by atoms with van der Waals surface area (Å²) in [6.45, 7) is 1.53. The summed E-state index contributed by atoms with van der Waals surface area (Å²) in [4.78, 5) is 12.5. The number of benzene rings is 2. The minimum Gasteiger partial charge on any atom is -0.352 e. The molecule has 0 aliphatic carbocycles. The van der Waals surface area contributed by atoms with Crippen LogP contribution in [0.4, 0.5) is 0 Å². The van der Waals surface area contributed by atoms with Crippen molar-refractivity contribution in [1.29, 1.82) is 0 Å². The Hall–Kier alpha value is -1.89. The summed E-state index contributed by atoms with van der Waals surface area (Å²) in [6, 6.07) is 13.7. The minimum absolute atomic E-state index is 0.168. The van der Waals surface area contributed by atoms with E-state index in [4.69, 9.17) is 11.6 Å². The van der Waals surface area contributed by atoms with Gasteiger partial charge < -0.3 is 5.32 Å². The second-order valence-electron chi connectivity index (χ2n) is 6.27. The van der Waals surface area contributed by atoms with Gasteiger partial charge in [0.05, 0.1) is 4.90 Å². The zero-order valence-corrected chi connectivity index (χ0v) is 15.9. The average Bonchev–Trinajstić information content (AvgIpc) is 3.17. The van der Waals surface area contributed by atoms with Crippen molar-refractivity contribution < 1.29 is 13.2 Å². The Labute approximate surface area is 159 Å². The SMILES string of the molecule is O=C(NCCc1cccc(Cl)c1)c1cccc(S(=O)(=O)N2CCCC2)c1. The molecule has 7 heteroatoms. The normalized spacial score (nSPS) is 15.1. The highest BCUT2D eigenvalue weighted by Gasteiger charge is 2.27. The fourth-order valence-corrected chi connectivity index (χ4v) is 4.77. The first-order chi connectivity index (χ1) is 12.5. The van der Waals surface area contributed by atoms with E-state index in [0.29, 0.717) is 36.6 Å². The first kappa shape index (κ1) is 18.9. The first-order valence-electron chi connectivity index (χ1n) is 8.60. The molecular formula is C19H21ClN2O3S. The molecule has 0 bridgehead atoms. The molecule has 1 aliphatic rings. The molecule has 1 aliphatic heterocycles. The third kappa shape index (κ3) is 4.44. The minimum atomic E-state index is -3.52. The molecule has 1 N–H and O–H groups in total. The molecule has 1 heterocycles. The molecule has 0 unspecified atom stereocenters. The predicted octanol–water partition coefficient (Wildman–Crippen LogP) is 3.10. The highest BCUT2D eigenvalue weighted by atomic mass is 35.5. The van der Waals surface area contributed by atoms with Gasteiger partial charge in [0.1, 0.15) is 0 Å². The van der Waals surface area contributed by atoms with Gasteiger partial charge in [0, 0.05) is 30.2 Å². The molecule has 0 spiro atoms. The van der Waals surface area contributed by atoms with Crippen LogP contribution in [0.2, 0.25) is 5.02 Å². The van der Waals surface area contributed by atoms with E-state index in [1.54, 1.807) is 18.2 Å². The molecule has 2 aromatic carbocycles. The smallest absolute Gasteiger partial charge is 0.251 e. The van der Waals surface area contributed by atoms with Crippen molar-refractivity contribution in [2.45, 2.75) is 24.2 Å². The lowest BCUT2D eigenvalue weighted by atomic mass is 10.1. The summed E-state index contributed by atoms with van der Waals surface area (Å²) in [5, 5.41) is 3.49. The van der Waals surface area contributed by atoms with Crippen LogP contribution in [0.15, 0.2) is 53.4 Å². The van der Waals surface area contributed by atoms with E-state index >= 15 is 0 Å². The van der Waals surface area contributed by atoms with Crippen molar-refractivity contribution in [2.75, 3.05) is 19.6 Å². The lowest BCUT2D eigenvalue weighted by Crippen LogP contribution is -2.29. The van der Waals surface area contributed by atoms with Gasteiger partial charge in [-0.3, -0.25) is 4.79 Å². The van der Waals surface area contributed by atoms with Crippen molar-refractivity contribution in [3.8, 4) is 0 Å². The van der Waals surface area contributed by atoms with Crippen molar-refractivity contribution >= 4 is 27.5 Å². The van der Waals surface area contributed by atoms with Gasteiger partial charge in [-0.15, -0.1) is 0 Å². The maximum absolute atomic E-state index is 12.6. The Bertz CT molecular complexity index is 893. The molecule has 1 fully saturated rings. The topological polar surface area (TPSA) is 66.5 Å². The molecule has 0 radical (unpaired) electrons. The molecule has 0 atom stereocenters. The molecule has 138 valence electrons. The first-order valence-corrected chi connectivity index (χ1v) is 10.4. The van der Waals surface area contributed by atoms with Crippen molar-refractivity contribution in [3.63, 3.8) is 0 Å². The van der Waals surface area contributed by atoms with Gasteiger partial charge in [0.2, 0.25) is 10.0 Å². The quantitative estimate of drug-likeness (QED) is 0.821. The van der Waals surface area contributed by atoms with Gasteiger partial charge in [-0.2, -0.15) is 4.31 Å². The molecule has 2 aromatic rings. The van der Waals surface area contributed by atoms with Crippen LogP contribution < -0.4 is 5.32 Å². The van der Waals surface area contributed by atoms with Crippen molar-refractivity contribution in [3.05, 3.63) is 64.7 Å². The third-order valence-electron chi connectivity index (χ3n) is 4.39. The van der Waals surface area contributed by atoms with E-state index in [1.165, 1.54) is 16.4 Å². The van der Waals surface area contributed by atoms with Crippen LogP contribution in [-0.4, -0.2) is 38.3 Å². The Balaban J connectivity index is 1.64. The molecule has 1 amide bonds. The number of carbonyl (C=O) groups is 1. The van der Waals surface area contributed by atoms with Gasteiger partial charge in [-0.05, 0) is 55.2 Å². The van der Waals surface area contributed by atoms with Gasteiger partial charge in [0.15, 0.2) is 0 Å². The number of sulfonamides is 1. The Kier molecular flexibility index (Phi) is 5.96. The van der Waals surface area contributed by atoms with Gasteiger partial charge in [-0.1, -0.05) is 29.8 Å². The van der Waals surface area contributed by atoms with E-state index in [-0.39, 0.29) is 10.8 Å². The van der Waals surface area contributed by atoms with Crippen LogP contribution in [0.25, 0.3) is 0 Å². The fraction of sp³-hybridized carbons (Fsp3) is 0.316. The fourth-order valence-electron chi connectivity index (χ4n) is 2.99. The number of nitrogens with one attached hydrogen (secondary N) is 1. The highest BCUT2D eigenvalue weighted by Crippen LogP contribution is 2.21. The van der Waals surface area contributed by atoms with E-state index in [1.807, 2.05) is 18.2 Å². The molecule has 0 aromatic heterocycles. The summed E-state index contributed by atoms with van der Waals surface area (Å²) in [5.41, 5.74) is 1.37. The zero-order chi connectivity index (χ0) is 18.6. The lowest BCUT2D eigenvalue weighted by Gasteiger charge is -2.16. The van der Waals surface area contributed by atoms with Crippen LogP contribution in [0.5, 0.6) is 0 Å². The number of rotatable bonds is 6. The van der Waals surface area contributed by atoms with E-state index in [9.17, 15) is 13.2 Å². The molecule has 26 heavy (non-hydrogen) atoms. The lowest BCUT2D eigenvalue weighted by molar-refractivity contribution is 0.0954. The van der Waals surface area contributed by atoms with Crippen LogP contribution in [0, 0.1) is 0 Å². The Morgan fingerprint density at radius 1 is 1.08 bits per heavy atom. The van der Waals surface area contributed by atoms with Gasteiger partial charge >= 0.3 is 0 Å². The van der Waals surface area contributed by atoms with Crippen LogP contribution >= 0.6 is 11.6 Å². The van der Waals surface area contributed by atoms with E-state index in [2.05, 4.69) is 5.32 Å². The monoisotopic (exact) mass is 392 g/mol. The number of halogens is 1. The zero-order valence-electron chi connectivity index (χ0n) is 14.3. The standard InChI is InChI=1S/C19H21ClN2O3S/c20-17-7-3-5-15(13-17)9-10-21-19(23)16-6-4-8-18(14-16)26(24,25)22-11-1-2-12-22/h3-8,13-14H,1-2,9-12H2,(H,21,23). The summed E-state index contributed by atoms with van der Waals surface area (Å²) in [5.74, 6) is -0.287. The van der Waals surface area contributed by atoms with E-state index in [0.717, 1.165) is 18.4 Å². The summed E-state index contributed by atoms with van der Waals surface area (Å²) in [6.07, 6.45) is 2.41. The van der Waals surface area contributed by atoms with Gasteiger partial charge in [-0.25, -0.2) is 8.42 Å². The number of hydrogen-bond acceptors (Lipinski definition) is 3. The number of hydrogen-bond donors (Lipinski definition) is 1. The molecule has 3 rings (SSSR count). The Morgan fingerprint density at radius 3 is 2.54 bits per heavy atom. The van der Waals surface area contributed by atoms with Gasteiger partial charge in [0.25, 0.3) is 5.91 Å². The summed E-state index contributed by atoms with van der Waals surface area (Å²) in [7, 11) is -3.52. The largest absolute Gasteiger partial charge is 0.352 e. The number of nitrogens with zero attached hydrogens (tertiary/aromatic N) is 1. The van der Waals surface area contributed by atoms with E-state index < -0.39 is 10.0 Å². The number of carbonyl (C=O) groups excluding carboxylic acids is 1.